The summed E-state index contributed by atoms with van der Waals surface area (Å²) in [6.07, 6.45) is 0. The summed E-state index contributed by atoms with van der Waals surface area (Å²) in [6, 6.07) is 12.2. The predicted molar refractivity (Wildman–Crippen MR) is 73.3 cm³/mol. The molecule has 0 radical (unpaired) electrons. The molecule has 2 aromatic carbocycles. The van der Waals surface area contributed by atoms with Crippen LogP contribution in [0.2, 0.25) is 0 Å². The van der Waals surface area contributed by atoms with Crippen molar-refractivity contribution in [2.24, 2.45) is 0 Å². The molecule has 0 bridgehead atoms. The number of hydrogen-bond acceptors (Lipinski definition) is 5. The zero-order valence-electron chi connectivity index (χ0n) is 11.4. The van der Waals surface area contributed by atoms with E-state index in [0.29, 0.717) is 17.9 Å². The van der Waals surface area contributed by atoms with Crippen molar-refractivity contribution in [1.82, 2.24) is 0 Å². The van der Waals surface area contributed by atoms with Crippen LogP contribution in [-0.2, 0) is 0 Å². The molecule has 0 atom stereocenters. The van der Waals surface area contributed by atoms with Crippen molar-refractivity contribution in [3.8, 4) is 11.5 Å². The van der Waals surface area contributed by atoms with Crippen LogP contribution in [0, 0.1) is 0 Å². The third-order valence-electron chi connectivity index (χ3n) is 2.71. The number of para-hydroxylation sites is 1. The summed E-state index contributed by atoms with van der Waals surface area (Å²) in [6.45, 7) is 2.26. The number of aromatic carboxylic acids is 1. The minimum absolute atomic E-state index is 0.0181. The zero-order valence-corrected chi connectivity index (χ0v) is 11.4. The van der Waals surface area contributed by atoms with E-state index >= 15 is 0 Å². The summed E-state index contributed by atoms with van der Waals surface area (Å²) in [7, 11) is 0. The summed E-state index contributed by atoms with van der Waals surface area (Å²) in [5.74, 6) is -1.16. The van der Waals surface area contributed by atoms with E-state index in [4.69, 9.17) is 9.47 Å². The van der Waals surface area contributed by atoms with Gasteiger partial charge in [-0.3, -0.25) is 0 Å². The van der Waals surface area contributed by atoms with E-state index in [9.17, 15) is 14.7 Å². The van der Waals surface area contributed by atoms with Gasteiger partial charge in [-0.1, -0.05) is 12.1 Å². The molecule has 2 aromatic rings. The summed E-state index contributed by atoms with van der Waals surface area (Å²) in [5.41, 5.74) is 0.327. The van der Waals surface area contributed by atoms with Crippen molar-refractivity contribution in [2.45, 2.75) is 6.92 Å². The SMILES string of the molecule is CCOc1ccccc1C(=O)Oc1ccc(C(=O)[O-])cc1. The molecule has 0 N–H and O–H groups in total. The number of carboxylic acid groups (broad SMARTS) is 1. The molecule has 0 unspecified atom stereocenters. The number of carboxylic acids is 1. The molecule has 0 aromatic heterocycles. The van der Waals surface area contributed by atoms with Crippen LogP contribution in [0.4, 0.5) is 0 Å². The van der Waals surface area contributed by atoms with Crippen LogP contribution >= 0.6 is 0 Å². The van der Waals surface area contributed by atoms with Crippen molar-refractivity contribution in [1.29, 1.82) is 0 Å². The minimum Gasteiger partial charge on any atom is -0.545 e. The van der Waals surface area contributed by atoms with Crippen molar-refractivity contribution >= 4 is 11.9 Å². The van der Waals surface area contributed by atoms with Crippen LogP contribution in [0.25, 0.3) is 0 Å². The molecule has 0 aliphatic heterocycles. The Balaban J connectivity index is 2.16. The van der Waals surface area contributed by atoms with E-state index in [-0.39, 0.29) is 11.3 Å². The van der Waals surface area contributed by atoms with Crippen LogP contribution in [0.5, 0.6) is 11.5 Å². The normalized spacial score (nSPS) is 9.95. The first-order chi connectivity index (χ1) is 10.1. The Morgan fingerprint density at radius 2 is 1.71 bits per heavy atom. The predicted octanol–water partition coefficient (Wildman–Crippen LogP) is 1.67. The first kappa shape index (κ1) is 14.6. The van der Waals surface area contributed by atoms with Gasteiger partial charge in [0.25, 0.3) is 0 Å². The lowest BCUT2D eigenvalue weighted by atomic mass is 10.2. The number of hydrogen-bond donors (Lipinski definition) is 0. The summed E-state index contributed by atoms with van der Waals surface area (Å²) >= 11 is 0. The lowest BCUT2D eigenvalue weighted by Crippen LogP contribution is -2.22. The van der Waals surface area contributed by atoms with Gasteiger partial charge in [0.1, 0.15) is 17.1 Å². The highest BCUT2D eigenvalue weighted by Crippen LogP contribution is 2.21. The molecule has 0 fully saturated rings. The Kier molecular flexibility index (Phi) is 4.56. The first-order valence-corrected chi connectivity index (χ1v) is 6.37. The monoisotopic (exact) mass is 285 g/mol. The lowest BCUT2D eigenvalue weighted by Gasteiger charge is -2.10. The van der Waals surface area contributed by atoms with E-state index in [2.05, 4.69) is 0 Å². The molecule has 0 amide bonds. The molecule has 0 aliphatic carbocycles. The van der Waals surface area contributed by atoms with E-state index < -0.39 is 11.9 Å². The molecule has 21 heavy (non-hydrogen) atoms. The number of benzene rings is 2. The van der Waals surface area contributed by atoms with Crippen LogP contribution in [0.15, 0.2) is 48.5 Å². The van der Waals surface area contributed by atoms with Gasteiger partial charge in [-0.2, -0.15) is 0 Å². The van der Waals surface area contributed by atoms with E-state index in [1.165, 1.54) is 24.3 Å². The Labute approximate surface area is 121 Å². The van der Waals surface area contributed by atoms with Crippen LogP contribution in [0.3, 0.4) is 0 Å². The minimum atomic E-state index is -1.28. The van der Waals surface area contributed by atoms with E-state index in [1.54, 1.807) is 24.3 Å². The van der Waals surface area contributed by atoms with Gasteiger partial charge in [-0.25, -0.2) is 4.79 Å². The largest absolute Gasteiger partial charge is 0.545 e. The number of rotatable bonds is 5. The second-order valence-electron chi connectivity index (χ2n) is 4.13. The van der Waals surface area contributed by atoms with Crippen LogP contribution in [-0.4, -0.2) is 18.5 Å². The highest BCUT2D eigenvalue weighted by molar-refractivity contribution is 5.94. The van der Waals surface area contributed by atoms with Crippen LogP contribution < -0.4 is 14.6 Å². The Morgan fingerprint density at radius 1 is 1.05 bits per heavy atom. The third kappa shape index (κ3) is 3.60. The van der Waals surface area contributed by atoms with Gasteiger partial charge in [0.15, 0.2) is 0 Å². The highest BCUT2D eigenvalue weighted by atomic mass is 16.5. The van der Waals surface area contributed by atoms with Gasteiger partial charge in [-0.05, 0) is 48.9 Å². The van der Waals surface area contributed by atoms with Crippen LogP contribution in [0.1, 0.15) is 27.6 Å². The van der Waals surface area contributed by atoms with Gasteiger partial charge >= 0.3 is 5.97 Å². The molecule has 0 saturated heterocycles. The standard InChI is InChI=1S/C16H14O5/c1-2-20-14-6-4-3-5-13(14)16(19)21-12-9-7-11(8-10-12)15(17)18/h3-10H,2H2,1H3,(H,17,18)/p-1. The number of esters is 1. The quantitative estimate of drug-likeness (QED) is 0.617. The molecule has 5 nitrogen and oxygen atoms in total. The smallest absolute Gasteiger partial charge is 0.347 e. The molecule has 0 aliphatic rings. The fourth-order valence-corrected chi connectivity index (χ4v) is 1.74. The van der Waals surface area contributed by atoms with E-state index in [1.807, 2.05) is 6.92 Å². The molecule has 5 heteroatoms. The third-order valence-corrected chi connectivity index (χ3v) is 2.71. The number of carbonyl (C=O) groups is 2. The lowest BCUT2D eigenvalue weighted by molar-refractivity contribution is -0.255. The molecule has 0 saturated carbocycles. The molecule has 108 valence electrons. The topological polar surface area (TPSA) is 75.7 Å². The van der Waals surface area contributed by atoms with Gasteiger partial charge in [0.05, 0.1) is 12.6 Å². The van der Waals surface area contributed by atoms with Gasteiger partial charge in [0, 0.05) is 0 Å². The van der Waals surface area contributed by atoms with Gasteiger partial charge < -0.3 is 19.4 Å². The number of carbonyl (C=O) groups excluding carboxylic acids is 2. The molecule has 0 spiro atoms. The second kappa shape index (κ2) is 6.56. The van der Waals surface area contributed by atoms with Gasteiger partial charge in [0.2, 0.25) is 0 Å². The molecule has 0 heterocycles. The maximum absolute atomic E-state index is 12.1. The summed E-state index contributed by atoms with van der Waals surface area (Å²) in [5, 5.41) is 10.6. The average molecular weight is 285 g/mol. The van der Waals surface area contributed by atoms with Crippen molar-refractivity contribution in [3.63, 3.8) is 0 Å². The highest BCUT2D eigenvalue weighted by Gasteiger charge is 2.14. The first-order valence-electron chi connectivity index (χ1n) is 6.37. The molecular formula is C16H13O5-. The maximum Gasteiger partial charge on any atom is 0.347 e. The van der Waals surface area contributed by atoms with Crippen molar-refractivity contribution in [3.05, 3.63) is 59.7 Å². The molecule has 2 rings (SSSR count). The average Bonchev–Trinajstić information content (AvgIpc) is 2.48. The zero-order chi connectivity index (χ0) is 15.2. The fraction of sp³-hybridized carbons (Fsp3) is 0.125. The second-order valence-corrected chi connectivity index (χ2v) is 4.13. The Morgan fingerprint density at radius 3 is 2.33 bits per heavy atom. The molecular weight excluding hydrogens is 272 g/mol. The van der Waals surface area contributed by atoms with E-state index in [0.717, 1.165) is 0 Å². The maximum atomic E-state index is 12.1. The summed E-state index contributed by atoms with van der Waals surface area (Å²) < 4.78 is 10.5. The fourth-order valence-electron chi connectivity index (χ4n) is 1.74. The van der Waals surface area contributed by atoms with Gasteiger partial charge in [-0.15, -0.1) is 0 Å². The Bertz CT molecular complexity index is 646. The Hall–Kier alpha value is -2.82. The summed E-state index contributed by atoms with van der Waals surface area (Å²) in [4.78, 5) is 22.7. The number of ether oxygens (including phenoxy) is 2. The van der Waals surface area contributed by atoms with Crippen molar-refractivity contribution in [2.75, 3.05) is 6.61 Å². The van der Waals surface area contributed by atoms with Crippen molar-refractivity contribution < 1.29 is 24.2 Å².